The van der Waals surface area contributed by atoms with Gasteiger partial charge in [-0.1, -0.05) is 12.1 Å². The van der Waals surface area contributed by atoms with Crippen molar-refractivity contribution < 1.29 is 13.9 Å². The molecule has 2 aromatic rings. The lowest BCUT2D eigenvalue weighted by atomic mass is 10.2. The van der Waals surface area contributed by atoms with Crippen LogP contribution in [0.1, 0.15) is 18.2 Å². The molecule has 2 rings (SSSR count). The van der Waals surface area contributed by atoms with Crippen LogP contribution in [-0.2, 0) is 17.9 Å². The summed E-state index contributed by atoms with van der Waals surface area (Å²) < 4.78 is 16.2. The lowest BCUT2D eigenvalue weighted by Gasteiger charge is -2.15. The molecule has 1 heterocycles. The average Bonchev–Trinajstić information content (AvgIpc) is 2.93. The Bertz CT molecular complexity index is 496. The fraction of sp³-hybridized carbons (Fsp3) is 0.375. The van der Waals surface area contributed by atoms with E-state index >= 15 is 0 Å². The number of benzene rings is 1. The largest absolute Gasteiger partial charge is 0.489 e. The van der Waals surface area contributed by atoms with Crippen LogP contribution in [0.3, 0.4) is 0 Å². The normalized spacial score (nSPS) is 12.3. The second-order valence-electron chi connectivity index (χ2n) is 4.72. The predicted molar refractivity (Wildman–Crippen MR) is 77.7 cm³/mol. The Hall–Kier alpha value is -1.78. The SMILES string of the molecule is COCc1cccc(OC(C)CNCc2ccco2)c1. The van der Waals surface area contributed by atoms with Crippen LogP contribution in [0, 0.1) is 0 Å². The summed E-state index contributed by atoms with van der Waals surface area (Å²) in [6.07, 6.45) is 1.76. The van der Waals surface area contributed by atoms with Gasteiger partial charge in [0.25, 0.3) is 0 Å². The molecule has 0 spiro atoms. The number of methoxy groups -OCH3 is 1. The van der Waals surface area contributed by atoms with E-state index in [2.05, 4.69) is 5.32 Å². The zero-order valence-electron chi connectivity index (χ0n) is 12.0. The van der Waals surface area contributed by atoms with Crippen LogP contribution in [-0.4, -0.2) is 19.8 Å². The molecule has 0 radical (unpaired) electrons. The first-order chi connectivity index (χ1) is 9.78. The molecule has 1 N–H and O–H groups in total. The molecule has 0 saturated carbocycles. The van der Waals surface area contributed by atoms with E-state index < -0.39 is 0 Å². The van der Waals surface area contributed by atoms with Crippen molar-refractivity contribution in [3.8, 4) is 5.75 Å². The van der Waals surface area contributed by atoms with Gasteiger partial charge in [0.05, 0.1) is 19.4 Å². The Labute approximate surface area is 119 Å². The Morgan fingerprint density at radius 2 is 2.15 bits per heavy atom. The van der Waals surface area contributed by atoms with Crippen LogP contribution in [0.2, 0.25) is 0 Å². The fourth-order valence-electron chi connectivity index (χ4n) is 1.96. The highest BCUT2D eigenvalue weighted by Gasteiger charge is 2.05. The molecule has 0 fully saturated rings. The number of rotatable bonds is 8. The van der Waals surface area contributed by atoms with Crippen LogP contribution in [0.25, 0.3) is 0 Å². The summed E-state index contributed by atoms with van der Waals surface area (Å²) in [6.45, 7) is 4.11. The van der Waals surface area contributed by atoms with Gasteiger partial charge < -0.3 is 19.2 Å². The van der Waals surface area contributed by atoms with Crippen molar-refractivity contribution >= 4 is 0 Å². The highest BCUT2D eigenvalue weighted by atomic mass is 16.5. The monoisotopic (exact) mass is 275 g/mol. The van der Waals surface area contributed by atoms with E-state index in [1.54, 1.807) is 13.4 Å². The molecule has 20 heavy (non-hydrogen) atoms. The van der Waals surface area contributed by atoms with Crippen molar-refractivity contribution in [2.75, 3.05) is 13.7 Å². The maximum Gasteiger partial charge on any atom is 0.120 e. The predicted octanol–water partition coefficient (Wildman–Crippen LogP) is 2.98. The number of nitrogens with one attached hydrogen (secondary N) is 1. The molecule has 1 aromatic carbocycles. The minimum Gasteiger partial charge on any atom is -0.489 e. The third-order valence-electron chi connectivity index (χ3n) is 2.86. The van der Waals surface area contributed by atoms with Crippen molar-refractivity contribution in [2.24, 2.45) is 0 Å². The van der Waals surface area contributed by atoms with Gasteiger partial charge in [0, 0.05) is 13.7 Å². The summed E-state index contributed by atoms with van der Waals surface area (Å²) in [4.78, 5) is 0. The van der Waals surface area contributed by atoms with E-state index in [4.69, 9.17) is 13.9 Å². The minimum absolute atomic E-state index is 0.0859. The third kappa shape index (κ3) is 4.72. The maximum atomic E-state index is 5.87. The van der Waals surface area contributed by atoms with E-state index in [0.29, 0.717) is 13.2 Å². The van der Waals surface area contributed by atoms with Crippen LogP contribution >= 0.6 is 0 Å². The molecule has 0 aliphatic heterocycles. The standard InChI is InChI=1S/C16H21NO3/c1-13(10-17-11-16-7-4-8-19-16)20-15-6-3-5-14(9-15)12-18-2/h3-9,13,17H,10-12H2,1-2H3. The van der Waals surface area contributed by atoms with Crippen LogP contribution in [0.15, 0.2) is 47.1 Å². The van der Waals surface area contributed by atoms with E-state index in [1.807, 2.05) is 43.3 Å². The summed E-state index contributed by atoms with van der Waals surface area (Å²) in [7, 11) is 1.69. The third-order valence-corrected chi connectivity index (χ3v) is 2.86. The average molecular weight is 275 g/mol. The molecule has 108 valence electrons. The first-order valence-electron chi connectivity index (χ1n) is 6.75. The number of hydrogen-bond donors (Lipinski definition) is 1. The van der Waals surface area contributed by atoms with Crippen LogP contribution in [0.4, 0.5) is 0 Å². The first-order valence-corrected chi connectivity index (χ1v) is 6.75. The van der Waals surface area contributed by atoms with Crippen molar-refractivity contribution in [3.63, 3.8) is 0 Å². The van der Waals surface area contributed by atoms with Gasteiger partial charge in [0.1, 0.15) is 17.6 Å². The van der Waals surface area contributed by atoms with Crippen molar-refractivity contribution in [3.05, 3.63) is 54.0 Å². The van der Waals surface area contributed by atoms with Crippen molar-refractivity contribution in [1.29, 1.82) is 0 Å². The number of hydrogen-bond acceptors (Lipinski definition) is 4. The molecule has 1 atom stereocenters. The molecular formula is C16H21NO3. The summed E-state index contributed by atoms with van der Waals surface area (Å²) in [5.41, 5.74) is 1.11. The molecule has 0 bridgehead atoms. The van der Waals surface area contributed by atoms with Gasteiger partial charge in [0.15, 0.2) is 0 Å². The number of ether oxygens (including phenoxy) is 2. The Morgan fingerprint density at radius 1 is 1.25 bits per heavy atom. The van der Waals surface area contributed by atoms with Gasteiger partial charge in [-0.15, -0.1) is 0 Å². The number of furan rings is 1. The molecule has 4 nitrogen and oxygen atoms in total. The quantitative estimate of drug-likeness (QED) is 0.804. The summed E-state index contributed by atoms with van der Waals surface area (Å²) in [5, 5.41) is 3.30. The van der Waals surface area contributed by atoms with E-state index in [-0.39, 0.29) is 6.10 Å². The summed E-state index contributed by atoms with van der Waals surface area (Å²) in [6, 6.07) is 11.8. The molecular weight excluding hydrogens is 254 g/mol. The first kappa shape index (κ1) is 14.6. The minimum atomic E-state index is 0.0859. The molecule has 4 heteroatoms. The molecule has 1 unspecified atom stereocenters. The van der Waals surface area contributed by atoms with E-state index in [1.165, 1.54) is 0 Å². The van der Waals surface area contributed by atoms with Crippen LogP contribution < -0.4 is 10.1 Å². The Morgan fingerprint density at radius 3 is 2.90 bits per heavy atom. The lowest BCUT2D eigenvalue weighted by molar-refractivity contribution is 0.183. The lowest BCUT2D eigenvalue weighted by Crippen LogP contribution is -2.28. The maximum absolute atomic E-state index is 5.87. The second-order valence-corrected chi connectivity index (χ2v) is 4.72. The molecule has 0 aliphatic carbocycles. The molecule has 1 aromatic heterocycles. The van der Waals surface area contributed by atoms with Gasteiger partial charge in [-0.25, -0.2) is 0 Å². The Kier molecular flexibility index (Phi) is 5.65. The van der Waals surface area contributed by atoms with E-state index in [0.717, 1.165) is 23.6 Å². The summed E-state index contributed by atoms with van der Waals surface area (Å²) in [5.74, 6) is 1.80. The van der Waals surface area contributed by atoms with Gasteiger partial charge in [-0.05, 0) is 36.8 Å². The second kappa shape index (κ2) is 7.72. The van der Waals surface area contributed by atoms with Crippen molar-refractivity contribution in [2.45, 2.75) is 26.2 Å². The van der Waals surface area contributed by atoms with Crippen molar-refractivity contribution in [1.82, 2.24) is 5.32 Å². The smallest absolute Gasteiger partial charge is 0.120 e. The fourth-order valence-corrected chi connectivity index (χ4v) is 1.96. The topological polar surface area (TPSA) is 43.6 Å². The molecule has 0 amide bonds. The van der Waals surface area contributed by atoms with E-state index in [9.17, 15) is 0 Å². The van der Waals surface area contributed by atoms with Crippen LogP contribution in [0.5, 0.6) is 5.75 Å². The van der Waals surface area contributed by atoms with Gasteiger partial charge >= 0.3 is 0 Å². The zero-order chi connectivity index (χ0) is 14.2. The van der Waals surface area contributed by atoms with Gasteiger partial charge in [0.2, 0.25) is 0 Å². The highest BCUT2D eigenvalue weighted by Crippen LogP contribution is 2.15. The van der Waals surface area contributed by atoms with Gasteiger partial charge in [-0.3, -0.25) is 0 Å². The van der Waals surface area contributed by atoms with Gasteiger partial charge in [-0.2, -0.15) is 0 Å². The summed E-state index contributed by atoms with van der Waals surface area (Å²) >= 11 is 0. The highest BCUT2D eigenvalue weighted by molar-refractivity contribution is 5.28. The Balaban J connectivity index is 1.75. The molecule has 0 saturated heterocycles. The molecule has 0 aliphatic rings. The zero-order valence-corrected chi connectivity index (χ0v) is 12.0.